The highest BCUT2D eigenvalue weighted by Gasteiger charge is 2.30. The first-order chi connectivity index (χ1) is 12.5. The second kappa shape index (κ2) is 8.31. The summed E-state index contributed by atoms with van der Waals surface area (Å²) in [6.45, 7) is 7.37. The van der Waals surface area contributed by atoms with Gasteiger partial charge in [-0.15, -0.1) is 0 Å². The molecule has 0 aliphatic rings. The van der Waals surface area contributed by atoms with Crippen molar-refractivity contribution >= 4 is 39.3 Å². The van der Waals surface area contributed by atoms with E-state index < -0.39 is 11.4 Å². The smallest absolute Gasteiger partial charge is 0.272 e. The Kier molecular flexibility index (Phi) is 6.54. The van der Waals surface area contributed by atoms with Crippen molar-refractivity contribution in [2.75, 3.05) is 7.11 Å². The van der Waals surface area contributed by atoms with Crippen LogP contribution in [0.5, 0.6) is 5.75 Å². The molecule has 7 heteroatoms. The van der Waals surface area contributed by atoms with Gasteiger partial charge in [-0.05, 0) is 79.5 Å². The van der Waals surface area contributed by atoms with Crippen LogP contribution in [0.4, 0.5) is 0 Å². The van der Waals surface area contributed by atoms with Crippen molar-refractivity contribution in [2.24, 2.45) is 0 Å². The number of carbonyl (C=O) groups excluding carboxylic acids is 2. The number of hydrogen-bond donors (Lipinski definition) is 1. The van der Waals surface area contributed by atoms with E-state index in [2.05, 4.69) is 21.4 Å². The molecule has 27 heavy (non-hydrogen) atoms. The lowest BCUT2D eigenvalue weighted by molar-refractivity contribution is 0.0358. The molecule has 0 saturated heterocycles. The van der Waals surface area contributed by atoms with Crippen LogP contribution in [0.3, 0.4) is 0 Å². The lowest BCUT2D eigenvalue weighted by Gasteiger charge is -2.35. The summed E-state index contributed by atoms with van der Waals surface area (Å²) < 4.78 is 5.75. The highest BCUT2D eigenvalue weighted by Crippen LogP contribution is 2.28. The number of hydrazine groups is 1. The van der Waals surface area contributed by atoms with Crippen molar-refractivity contribution < 1.29 is 14.3 Å². The summed E-state index contributed by atoms with van der Waals surface area (Å²) in [5.41, 5.74) is 3.69. The Morgan fingerprint density at radius 2 is 1.85 bits per heavy atom. The van der Waals surface area contributed by atoms with E-state index in [4.69, 9.17) is 16.3 Å². The number of ether oxygens (including phenoxy) is 1. The summed E-state index contributed by atoms with van der Waals surface area (Å²) in [6, 6.07) is 10.2. The number of nitrogens with one attached hydrogen (secondary N) is 1. The van der Waals surface area contributed by atoms with Gasteiger partial charge in [0.05, 0.1) is 22.7 Å². The minimum Gasteiger partial charge on any atom is -0.496 e. The van der Waals surface area contributed by atoms with Crippen LogP contribution in [0.25, 0.3) is 0 Å². The van der Waals surface area contributed by atoms with E-state index in [0.29, 0.717) is 26.4 Å². The molecule has 0 aromatic heterocycles. The van der Waals surface area contributed by atoms with Crippen molar-refractivity contribution in [3.05, 3.63) is 62.6 Å². The fourth-order valence-corrected chi connectivity index (χ4v) is 3.41. The number of halogens is 2. The van der Waals surface area contributed by atoms with Crippen molar-refractivity contribution in [2.45, 2.75) is 33.2 Å². The zero-order valence-electron chi connectivity index (χ0n) is 15.9. The van der Waals surface area contributed by atoms with Gasteiger partial charge < -0.3 is 4.74 Å². The van der Waals surface area contributed by atoms with Crippen molar-refractivity contribution in [3.63, 3.8) is 0 Å². The Balaban J connectivity index is 2.38. The van der Waals surface area contributed by atoms with E-state index in [-0.39, 0.29) is 5.91 Å². The van der Waals surface area contributed by atoms with E-state index in [0.717, 1.165) is 5.56 Å². The van der Waals surface area contributed by atoms with Crippen LogP contribution in [-0.2, 0) is 0 Å². The molecule has 0 aliphatic carbocycles. The third-order valence-corrected chi connectivity index (χ3v) is 4.84. The van der Waals surface area contributed by atoms with Gasteiger partial charge in [0.15, 0.2) is 0 Å². The molecule has 5 nitrogen and oxygen atoms in total. The van der Waals surface area contributed by atoms with E-state index >= 15 is 0 Å². The number of carbonyl (C=O) groups is 2. The second-order valence-corrected chi connectivity index (χ2v) is 8.32. The molecule has 0 fully saturated rings. The topological polar surface area (TPSA) is 58.6 Å². The quantitative estimate of drug-likeness (QED) is 0.665. The van der Waals surface area contributed by atoms with E-state index in [1.807, 2.05) is 27.7 Å². The maximum absolute atomic E-state index is 13.1. The van der Waals surface area contributed by atoms with Gasteiger partial charge in [-0.3, -0.25) is 15.0 Å². The molecule has 0 aliphatic heterocycles. The molecule has 1 N–H and O–H groups in total. The molecule has 2 rings (SSSR count). The van der Waals surface area contributed by atoms with Crippen molar-refractivity contribution in [3.8, 4) is 5.75 Å². The largest absolute Gasteiger partial charge is 0.496 e. The second-order valence-electron chi connectivity index (χ2n) is 7.09. The molecular weight excluding hydrogens is 432 g/mol. The first kappa shape index (κ1) is 21.3. The molecule has 2 amide bonds. The van der Waals surface area contributed by atoms with Crippen LogP contribution in [0.2, 0.25) is 5.02 Å². The van der Waals surface area contributed by atoms with Crippen LogP contribution in [0, 0.1) is 6.92 Å². The van der Waals surface area contributed by atoms with Gasteiger partial charge in [-0.25, -0.2) is 5.01 Å². The third-order valence-electron chi connectivity index (χ3n) is 3.80. The number of nitrogens with zero attached hydrogens (tertiary/aromatic N) is 1. The lowest BCUT2D eigenvalue weighted by Crippen LogP contribution is -2.56. The fraction of sp³-hybridized carbons (Fsp3) is 0.300. The van der Waals surface area contributed by atoms with Gasteiger partial charge >= 0.3 is 0 Å². The summed E-state index contributed by atoms with van der Waals surface area (Å²) in [6.07, 6.45) is 0. The molecule has 2 aromatic carbocycles. The van der Waals surface area contributed by atoms with Crippen LogP contribution in [0.15, 0.2) is 40.9 Å². The maximum atomic E-state index is 13.1. The Morgan fingerprint density at radius 1 is 1.19 bits per heavy atom. The SMILES string of the molecule is COc1cccc(C(=O)NN(C(=O)c2cc(C)cc(Cl)c2)C(C)(C)C)c1Br. The minimum absolute atomic E-state index is 0.347. The zero-order chi connectivity index (χ0) is 20.4. The predicted molar refractivity (Wildman–Crippen MR) is 110 cm³/mol. The standard InChI is InChI=1S/C20H22BrClN2O3/c1-12-9-13(11-14(22)10-12)19(26)24(20(2,3)4)23-18(25)15-7-6-8-16(27-5)17(15)21/h6-11H,1-5H3,(H,23,25). The highest BCUT2D eigenvalue weighted by atomic mass is 79.9. The van der Waals surface area contributed by atoms with Gasteiger partial charge in [0.2, 0.25) is 0 Å². The van der Waals surface area contributed by atoms with Crippen LogP contribution in [0.1, 0.15) is 47.1 Å². The Hall–Kier alpha value is -2.05. The van der Waals surface area contributed by atoms with Gasteiger partial charge in [-0.1, -0.05) is 17.7 Å². The fourth-order valence-electron chi connectivity index (χ4n) is 2.52. The number of aryl methyl sites for hydroxylation is 1. The van der Waals surface area contributed by atoms with Crippen LogP contribution >= 0.6 is 27.5 Å². The number of methoxy groups -OCH3 is 1. The monoisotopic (exact) mass is 452 g/mol. The predicted octanol–water partition coefficient (Wildman–Crippen LogP) is 5.01. The van der Waals surface area contributed by atoms with Crippen molar-refractivity contribution in [1.29, 1.82) is 0 Å². The molecule has 0 spiro atoms. The summed E-state index contributed by atoms with van der Waals surface area (Å²) in [4.78, 5) is 25.9. The molecule has 2 aromatic rings. The lowest BCUT2D eigenvalue weighted by atomic mass is 10.1. The molecule has 144 valence electrons. The first-order valence-corrected chi connectivity index (χ1v) is 9.47. The van der Waals surface area contributed by atoms with E-state index in [9.17, 15) is 9.59 Å². The average Bonchev–Trinajstić information content (AvgIpc) is 2.57. The maximum Gasteiger partial charge on any atom is 0.272 e. The summed E-state index contributed by atoms with van der Waals surface area (Å²) in [5, 5.41) is 1.78. The van der Waals surface area contributed by atoms with Gasteiger partial charge in [-0.2, -0.15) is 0 Å². The average molecular weight is 454 g/mol. The number of amides is 2. The Bertz CT molecular complexity index is 858. The molecule has 0 heterocycles. The Labute approximate surface area is 172 Å². The van der Waals surface area contributed by atoms with Crippen molar-refractivity contribution in [1.82, 2.24) is 10.4 Å². The summed E-state index contributed by atoms with van der Waals surface area (Å²) in [7, 11) is 1.52. The summed E-state index contributed by atoms with van der Waals surface area (Å²) >= 11 is 9.47. The zero-order valence-corrected chi connectivity index (χ0v) is 18.2. The number of hydrogen-bond acceptors (Lipinski definition) is 3. The van der Waals surface area contributed by atoms with Crippen LogP contribution in [-0.4, -0.2) is 29.5 Å². The molecule has 0 radical (unpaired) electrons. The minimum atomic E-state index is -0.658. The number of benzene rings is 2. The van der Waals surface area contributed by atoms with E-state index in [1.54, 1.807) is 36.4 Å². The number of rotatable bonds is 3. The normalized spacial score (nSPS) is 11.1. The molecule has 0 bridgehead atoms. The van der Waals surface area contributed by atoms with E-state index in [1.165, 1.54) is 12.1 Å². The van der Waals surface area contributed by atoms with Crippen LogP contribution < -0.4 is 10.2 Å². The molecular formula is C20H22BrClN2O3. The van der Waals surface area contributed by atoms with Gasteiger partial charge in [0, 0.05) is 10.6 Å². The molecule has 0 saturated carbocycles. The van der Waals surface area contributed by atoms with Gasteiger partial charge in [0.25, 0.3) is 11.8 Å². The van der Waals surface area contributed by atoms with Gasteiger partial charge in [0.1, 0.15) is 5.75 Å². The molecule has 0 atom stereocenters. The summed E-state index contributed by atoms with van der Waals surface area (Å²) in [5.74, 6) is -0.245. The Morgan fingerprint density at radius 3 is 2.41 bits per heavy atom. The molecule has 0 unspecified atom stereocenters. The first-order valence-electron chi connectivity index (χ1n) is 8.30. The highest BCUT2D eigenvalue weighted by molar-refractivity contribution is 9.10. The third kappa shape index (κ3) is 5.02.